The van der Waals surface area contributed by atoms with Gasteiger partial charge in [-0.1, -0.05) is 30.7 Å². The Kier molecular flexibility index (Phi) is 5.70. The molecule has 0 spiro atoms. The first-order valence-corrected chi connectivity index (χ1v) is 9.07. The topological polar surface area (TPSA) is 65.9 Å². The van der Waals surface area contributed by atoms with Crippen LogP contribution in [0.15, 0.2) is 36.4 Å². The summed E-state index contributed by atoms with van der Waals surface area (Å²) in [6.07, 6.45) is 7.72. The highest BCUT2D eigenvalue weighted by Gasteiger charge is 2.15. The van der Waals surface area contributed by atoms with Gasteiger partial charge in [-0.3, -0.25) is 4.79 Å². The normalized spacial score (nSPS) is 15.5. The molecule has 0 saturated heterocycles. The smallest absolute Gasteiger partial charge is 0.255 e. The molecule has 1 fully saturated rings. The predicted octanol–water partition coefficient (Wildman–Crippen LogP) is 2.56. The Morgan fingerprint density at radius 1 is 1.12 bits per heavy atom. The minimum atomic E-state index is -0.198. The number of quaternary nitrogens is 1. The summed E-state index contributed by atoms with van der Waals surface area (Å²) in [6, 6.07) is 11.9. The van der Waals surface area contributed by atoms with E-state index in [-0.39, 0.29) is 11.7 Å². The van der Waals surface area contributed by atoms with Crippen LogP contribution in [-0.4, -0.2) is 30.1 Å². The number of amides is 1. The molecule has 3 rings (SSSR count). The lowest BCUT2D eigenvalue weighted by Crippen LogP contribution is -2.90. The van der Waals surface area contributed by atoms with Crippen molar-refractivity contribution in [3.05, 3.63) is 42.0 Å². The number of rotatable bonds is 6. The molecule has 4 nitrogen and oxygen atoms in total. The van der Waals surface area contributed by atoms with Gasteiger partial charge < -0.3 is 15.7 Å². The summed E-state index contributed by atoms with van der Waals surface area (Å²) in [4.78, 5) is 12.3. The van der Waals surface area contributed by atoms with Crippen LogP contribution in [0.25, 0.3) is 10.8 Å². The van der Waals surface area contributed by atoms with Gasteiger partial charge in [0.05, 0.1) is 18.2 Å². The first-order valence-electron chi connectivity index (χ1n) is 9.07. The van der Waals surface area contributed by atoms with E-state index < -0.39 is 0 Å². The lowest BCUT2D eigenvalue weighted by molar-refractivity contribution is -0.691. The first kappa shape index (κ1) is 16.8. The largest absolute Gasteiger partial charge is 0.507 e. The van der Waals surface area contributed by atoms with Gasteiger partial charge >= 0.3 is 0 Å². The fourth-order valence-electron chi connectivity index (χ4n) is 3.53. The monoisotopic (exact) mass is 327 g/mol. The van der Waals surface area contributed by atoms with Gasteiger partial charge in [-0.05, 0) is 48.6 Å². The van der Waals surface area contributed by atoms with Gasteiger partial charge in [0.2, 0.25) is 0 Å². The molecular weight excluding hydrogens is 300 g/mol. The summed E-state index contributed by atoms with van der Waals surface area (Å²) in [5.74, 6) is -0.157. The third-order valence-electron chi connectivity index (χ3n) is 4.92. The molecule has 4 N–H and O–H groups in total. The number of hydrogen-bond donors (Lipinski definition) is 3. The van der Waals surface area contributed by atoms with Crippen LogP contribution in [0.3, 0.4) is 0 Å². The zero-order chi connectivity index (χ0) is 16.8. The number of benzene rings is 2. The molecule has 0 unspecified atom stereocenters. The summed E-state index contributed by atoms with van der Waals surface area (Å²) >= 11 is 0. The first-order chi connectivity index (χ1) is 11.7. The fourth-order valence-corrected chi connectivity index (χ4v) is 3.53. The van der Waals surface area contributed by atoms with Crippen LogP contribution in [0, 0.1) is 0 Å². The molecule has 0 radical (unpaired) electrons. The number of aromatic hydroxyl groups is 1. The highest BCUT2D eigenvalue weighted by molar-refractivity contribution is 6.01. The molecule has 1 saturated carbocycles. The van der Waals surface area contributed by atoms with Crippen molar-refractivity contribution >= 4 is 16.7 Å². The van der Waals surface area contributed by atoms with Crippen LogP contribution in [0.5, 0.6) is 5.75 Å². The summed E-state index contributed by atoms with van der Waals surface area (Å²) in [5.41, 5.74) is 0.352. The maximum Gasteiger partial charge on any atom is 0.255 e. The number of carbonyl (C=O) groups excluding carboxylic acids is 1. The Morgan fingerprint density at radius 3 is 2.58 bits per heavy atom. The van der Waals surface area contributed by atoms with Crippen molar-refractivity contribution in [2.75, 3.05) is 13.1 Å². The maximum atomic E-state index is 12.3. The summed E-state index contributed by atoms with van der Waals surface area (Å²) in [5, 5.41) is 17.3. The van der Waals surface area contributed by atoms with Crippen LogP contribution in [0.1, 0.15) is 48.9 Å². The SMILES string of the molecule is O=C(NCCC[NH2+]C1CCCCC1)c1cc2ccccc2cc1O. The van der Waals surface area contributed by atoms with Crippen molar-refractivity contribution in [1.82, 2.24) is 5.32 Å². The number of hydrogen-bond acceptors (Lipinski definition) is 2. The van der Waals surface area contributed by atoms with Crippen LogP contribution in [-0.2, 0) is 0 Å². The Morgan fingerprint density at radius 2 is 1.83 bits per heavy atom. The zero-order valence-electron chi connectivity index (χ0n) is 14.1. The molecule has 2 aromatic rings. The van der Waals surface area contributed by atoms with E-state index in [1.54, 1.807) is 12.1 Å². The van der Waals surface area contributed by atoms with Gasteiger partial charge in [0, 0.05) is 13.0 Å². The van der Waals surface area contributed by atoms with Crippen molar-refractivity contribution in [3.63, 3.8) is 0 Å². The fraction of sp³-hybridized carbons (Fsp3) is 0.450. The maximum absolute atomic E-state index is 12.3. The average Bonchev–Trinajstić information content (AvgIpc) is 2.61. The second-order valence-corrected chi connectivity index (χ2v) is 6.75. The van der Waals surface area contributed by atoms with Gasteiger partial charge in [-0.25, -0.2) is 0 Å². The van der Waals surface area contributed by atoms with Gasteiger partial charge in [-0.15, -0.1) is 0 Å². The summed E-state index contributed by atoms with van der Waals surface area (Å²) in [7, 11) is 0. The van der Waals surface area contributed by atoms with E-state index in [1.165, 1.54) is 32.1 Å². The van der Waals surface area contributed by atoms with E-state index in [4.69, 9.17) is 0 Å². The standard InChI is InChI=1S/C20H26N2O2/c23-19-14-16-8-5-4-7-15(16)13-18(19)20(24)22-12-6-11-21-17-9-2-1-3-10-17/h4-5,7-8,13-14,17,21,23H,1-3,6,9-12H2,(H,22,24)/p+1. The molecule has 2 aromatic carbocycles. The Hall–Kier alpha value is -2.07. The van der Waals surface area contributed by atoms with Gasteiger partial charge in [-0.2, -0.15) is 0 Å². The predicted molar refractivity (Wildman–Crippen MR) is 96.2 cm³/mol. The average molecular weight is 327 g/mol. The Labute approximate surface area is 143 Å². The van der Waals surface area contributed by atoms with E-state index in [2.05, 4.69) is 10.6 Å². The van der Waals surface area contributed by atoms with Crippen LogP contribution < -0.4 is 10.6 Å². The molecule has 1 aliphatic carbocycles. The Bertz CT molecular complexity index is 693. The third kappa shape index (κ3) is 4.26. The van der Waals surface area contributed by atoms with E-state index in [0.29, 0.717) is 12.1 Å². The molecule has 0 aromatic heterocycles. The number of nitrogens with two attached hydrogens (primary N) is 1. The number of nitrogens with one attached hydrogen (secondary N) is 1. The molecule has 1 aliphatic rings. The van der Waals surface area contributed by atoms with Gasteiger partial charge in [0.25, 0.3) is 5.91 Å². The van der Waals surface area contributed by atoms with Crippen molar-refractivity contribution in [3.8, 4) is 5.75 Å². The molecule has 0 bridgehead atoms. The molecule has 4 heteroatoms. The molecule has 0 aliphatic heterocycles. The number of fused-ring (bicyclic) bond motifs is 1. The quantitative estimate of drug-likeness (QED) is 0.714. The zero-order valence-corrected chi connectivity index (χ0v) is 14.1. The van der Waals surface area contributed by atoms with Crippen LogP contribution >= 0.6 is 0 Å². The summed E-state index contributed by atoms with van der Waals surface area (Å²) in [6.45, 7) is 1.70. The van der Waals surface area contributed by atoms with Crippen molar-refractivity contribution < 1.29 is 15.2 Å². The minimum Gasteiger partial charge on any atom is -0.507 e. The Balaban J connectivity index is 1.47. The van der Waals surface area contributed by atoms with E-state index >= 15 is 0 Å². The highest BCUT2D eigenvalue weighted by atomic mass is 16.3. The minimum absolute atomic E-state index is 0.0416. The molecule has 0 atom stereocenters. The third-order valence-corrected chi connectivity index (χ3v) is 4.92. The van der Waals surface area contributed by atoms with Crippen molar-refractivity contribution in [1.29, 1.82) is 0 Å². The van der Waals surface area contributed by atoms with E-state index in [9.17, 15) is 9.90 Å². The molecular formula is C20H27N2O2+. The van der Waals surface area contributed by atoms with Crippen LogP contribution in [0.4, 0.5) is 0 Å². The lowest BCUT2D eigenvalue weighted by Gasteiger charge is -2.19. The highest BCUT2D eigenvalue weighted by Crippen LogP contribution is 2.24. The number of phenols is 1. The second kappa shape index (κ2) is 8.15. The molecule has 1 amide bonds. The van der Waals surface area contributed by atoms with Crippen molar-refractivity contribution in [2.45, 2.75) is 44.6 Å². The van der Waals surface area contributed by atoms with Gasteiger partial charge in [0.15, 0.2) is 0 Å². The second-order valence-electron chi connectivity index (χ2n) is 6.75. The number of phenolic OH excluding ortho intramolecular Hbond substituents is 1. The number of carbonyl (C=O) groups is 1. The van der Waals surface area contributed by atoms with Crippen molar-refractivity contribution in [2.24, 2.45) is 0 Å². The molecule has 128 valence electrons. The van der Waals surface area contributed by atoms with Crippen LogP contribution in [0.2, 0.25) is 0 Å². The van der Waals surface area contributed by atoms with E-state index in [1.807, 2.05) is 24.3 Å². The van der Waals surface area contributed by atoms with Gasteiger partial charge in [0.1, 0.15) is 5.75 Å². The summed E-state index contributed by atoms with van der Waals surface area (Å²) < 4.78 is 0. The lowest BCUT2D eigenvalue weighted by atomic mass is 9.95. The molecule has 0 heterocycles. The van der Waals surface area contributed by atoms with E-state index in [0.717, 1.165) is 29.8 Å². The molecule has 24 heavy (non-hydrogen) atoms.